The van der Waals surface area contributed by atoms with Crippen molar-refractivity contribution < 1.29 is 27.4 Å². The van der Waals surface area contributed by atoms with Crippen molar-refractivity contribution in [1.29, 1.82) is 0 Å². The van der Waals surface area contributed by atoms with E-state index in [1.807, 2.05) is 0 Å². The third kappa shape index (κ3) is 2.14. The van der Waals surface area contributed by atoms with E-state index in [-0.39, 0.29) is 25.2 Å². The molecule has 0 amide bonds. The molecule has 2 rings (SSSR count). The van der Waals surface area contributed by atoms with Gasteiger partial charge in [0.05, 0.1) is 13.7 Å². The Hall–Kier alpha value is -0.430. The molecule has 2 fully saturated rings. The van der Waals surface area contributed by atoms with Crippen molar-refractivity contribution in [3.05, 3.63) is 0 Å². The summed E-state index contributed by atoms with van der Waals surface area (Å²) in [6, 6.07) is 0. The minimum absolute atomic E-state index is 0.149. The number of thioether (sulfide) groups is 1. The highest BCUT2D eigenvalue weighted by Crippen LogP contribution is 2.57. The quantitative estimate of drug-likeness (QED) is 0.697. The first kappa shape index (κ1) is 15.0. The molecule has 0 aromatic heterocycles. The summed E-state index contributed by atoms with van der Waals surface area (Å²) >= 11 is 0.631. The molecule has 1 saturated carbocycles. The molecule has 19 heavy (non-hydrogen) atoms. The molecular weight excluding hydrogens is 281 g/mol. The number of hydrogen-bond donors (Lipinski definition) is 0. The first-order valence-electron chi connectivity index (χ1n) is 6.33. The van der Waals surface area contributed by atoms with E-state index >= 15 is 0 Å². The molecule has 1 unspecified atom stereocenters. The summed E-state index contributed by atoms with van der Waals surface area (Å²) in [4.78, 5) is 12.0. The van der Waals surface area contributed by atoms with Crippen LogP contribution >= 0.6 is 11.8 Å². The third-order valence-corrected chi connectivity index (χ3v) is 5.53. The molecule has 110 valence electrons. The zero-order valence-corrected chi connectivity index (χ0v) is 11.5. The largest absolute Gasteiger partial charge is 0.468 e. The smallest absolute Gasteiger partial charge is 0.416 e. The van der Waals surface area contributed by atoms with Crippen LogP contribution in [0.1, 0.15) is 32.1 Å². The van der Waals surface area contributed by atoms with Crippen LogP contribution in [0, 0.1) is 0 Å². The van der Waals surface area contributed by atoms with Crippen molar-refractivity contribution in [3.8, 4) is 0 Å². The van der Waals surface area contributed by atoms with E-state index in [0.29, 0.717) is 24.6 Å². The lowest BCUT2D eigenvalue weighted by Crippen LogP contribution is -2.69. The van der Waals surface area contributed by atoms with Gasteiger partial charge in [-0.15, -0.1) is 11.8 Å². The van der Waals surface area contributed by atoms with E-state index in [2.05, 4.69) is 4.74 Å². The van der Waals surface area contributed by atoms with Crippen molar-refractivity contribution in [2.75, 3.05) is 19.5 Å². The van der Waals surface area contributed by atoms with Crippen LogP contribution in [0.5, 0.6) is 0 Å². The Labute approximate surface area is 114 Å². The van der Waals surface area contributed by atoms with Gasteiger partial charge in [-0.2, -0.15) is 13.2 Å². The maximum Gasteiger partial charge on any atom is 0.416 e. The fourth-order valence-corrected chi connectivity index (χ4v) is 4.49. The second kappa shape index (κ2) is 5.16. The second-order valence-electron chi connectivity index (χ2n) is 4.92. The third-order valence-electron chi connectivity index (χ3n) is 3.96. The van der Waals surface area contributed by atoms with Gasteiger partial charge in [-0.25, -0.2) is 0 Å². The van der Waals surface area contributed by atoms with Gasteiger partial charge in [0.25, 0.3) is 0 Å². The highest BCUT2D eigenvalue weighted by Gasteiger charge is 2.74. The van der Waals surface area contributed by atoms with Crippen molar-refractivity contribution in [2.24, 2.45) is 0 Å². The predicted octanol–water partition coefficient (Wildman–Crippen LogP) is 2.93. The summed E-state index contributed by atoms with van der Waals surface area (Å²) in [7, 11) is 1.00. The van der Waals surface area contributed by atoms with Crippen LogP contribution in [0.15, 0.2) is 0 Å². The van der Waals surface area contributed by atoms with Gasteiger partial charge in [0.1, 0.15) is 5.60 Å². The number of esters is 1. The fraction of sp³-hybridized carbons (Fsp3) is 0.917. The van der Waals surface area contributed by atoms with E-state index in [1.54, 1.807) is 0 Å². The molecule has 1 heterocycles. The molecular formula is C12H17F3O3S. The molecule has 1 atom stereocenters. The monoisotopic (exact) mass is 298 g/mol. The van der Waals surface area contributed by atoms with Gasteiger partial charge in [0, 0.05) is 5.75 Å². The molecule has 1 saturated heterocycles. The number of carbonyl (C=O) groups excluding carboxylic acids is 1. The first-order chi connectivity index (χ1) is 8.90. The zero-order chi connectivity index (χ0) is 14.1. The van der Waals surface area contributed by atoms with Gasteiger partial charge < -0.3 is 9.47 Å². The lowest BCUT2D eigenvalue weighted by Gasteiger charge is -2.52. The van der Waals surface area contributed by atoms with Crippen molar-refractivity contribution in [1.82, 2.24) is 0 Å². The number of rotatable bonds is 1. The summed E-state index contributed by atoms with van der Waals surface area (Å²) in [6.07, 6.45) is -1.98. The molecule has 0 N–H and O–H groups in total. The number of alkyl halides is 3. The van der Waals surface area contributed by atoms with E-state index in [0.717, 1.165) is 13.5 Å². The number of ether oxygens (including phenoxy) is 2. The Morgan fingerprint density at radius 3 is 2.42 bits per heavy atom. The maximum atomic E-state index is 13.7. The van der Waals surface area contributed by atoms with Gasteiger partial charge in [0.15, 0.2) is 0 Å². The Morgan fingerprint density at radius 1 is 1.26 bits per heavy atom. The molecule has 7 heteroatoms. The molecule has 0 aromatic rings. The van der Waals surface area contributed by atoms with Crippen LogP contribution in [0.4, 0.5) is 13.2 Å². The summed E-state index contributed by atoms with van der Waals surface area (Å²) in [5, 5.41) is 0. The van der Waals surface area contributed by atoms with E-state index in [9.17, 15) is 18.0 Å². The van der Waals surface area contributed by atoms with Gasteiger partial charge in [0.2, 0.25) is 4.75 Å². The highest BCUT2D eigenvalue weighted by atomic mass is 32.2. The average Bonchev–Trinajstić information content (AvgIpc) is 2.38. The van der Waals surface area contributed by atoms with Crippen molar-refractivity contribution in [2.45, 2.75) is 48.6 Å². The van der Waals surface area contributed by atoms with Gasteiger partial charge in [-0.05, 0) is 12.8 Å². The number of methoxy groups -OCH3 is 1. The highest BCUT2D eigenvalue weighted by molar-refractivity contribution is 8.01. The molecule has 1 aliphatic carbocycles. The molecule has 3 nitrogen and oxygen atoms in total. The summed E-state index contributed by atoms with van der Waals surface area (Å²) < 4.78 is 48.4. The molecule has 0 radical (unpaired) electrons. The summed E-state index contributed by atoms with van der Waals surface area (Å²) in [5.74, 6) is -1.08. The molecule has 0 aromatic carbocycles. The SMILES string of the molecule is COC(=O)C1(C(F)(F)F)SCCOC12CCCCC2. The minimum Gasteiger partial charge on any atom is -0.468 e. The Bertz CT molecular complexity index is 344. The molecule has 1 spiro atoms. The topological polar surface area (TPSA) is 35.5 Å². The average molecular weight is 298 g/mol. The van der Waals surface area contributed by atoms with Gasteiger partial charge in [-0.3, -0.25) is 4.79 Å². The maximum absolute atomic E-state index is 13.7. The van der Waals surface area contributed by atoms with Gasteiger partial charge >= 0.3 is 12.1 Å². The Morgan fingerprint density at radius 2 is 1.89 bits per heavy atom. The summed E-state index contributed by atoms with van der Waals surface area (Å²) in [5.41, 5.74) is -1.46. The normalized spacial score (nSPS) is 31.2. The van der Waals surface area contributed by atoms with E-state index in [4.69, 9.17) is 4.74 Å². The lowest BCUT2D eigenvalue weighted by molar-refractivity contribution is -0.236. The fourth-order valence-electron chi connectivity index (χ4n) is 3.13. The molecule has 2 aliphatic rings. The second-order valence-corrected chi connectivity index (χ2v) is 6.23. The van der Waals surface area contributed by atoms with Crippen LogP contribution in [0.3, 0.4) is 0 Å². The lowest BCUT2D eigenvalue weighted by atomic mass is 9.74. The van der Waals surface area contributed by atoms with E-state index in [1.165, 1.54) is 0 Å². The van der Waals surface area contributed by atoms with Gasteiger partial charge in [-0.1, -0.05) is 19.3 Å². The number of halogens is 3. The van der Waals surface area contributed by atoms with Crippen LogP contribution < -0.4 is 0 Å². The van der Waals surface area contributed by atoms with Crippen LogP contribution in [0.2, 0.25) is 0 Å². The number of hydrogen-bond acceptors (Lipinski definition) is 4. The Kier molecular flexibility index (Phi) is 4.07. The van der Waals surface area contributed by atoms with Crippen molar-refractivity contribution in [3.63, 3.8) is 0 Å². The zero-order valence-electron chi connectivity index (χ0n) is 10.7. The first-order valence-corrected chi connectivity index (χ1v) is 7.31. The predicted molar refractivity (Wildman–Crippen MR) is 65.0 cm³/mol. The molecule has 1 aliphatic heterocycles. The van der Waals surface area contributed by atoms with Crippen molar-refractivity contribution >= 4 is 17.7 Å². The Balaban J connectivity index is 2.50. The minimum atomic E-state index is -4.68. The van der Waals surface area contributed by atoms with E-state index < -0.39 is 22.5 Å². The summed E-state index contributed by atoms with van der Waals surface area (Å²) in [6.45, 7) is 0.249. The van der Waals surface area contributed by atoms with Crippen LogP contribution in [-0.4, -0.2) is 42.0 Å². The molecule has 0 bridgehead atoms. The number of carbonyl (C=O) groups is 1. The van der Waals surface area contributed by atoms with Crippen LogP contribution in [-0.2, 0) is 14.3 Å². The standard InChI is InChI=1S/C12H17F3O3S/c1-17-9(16)11(12(13,14)15)10(18-7-8-19-11)5-3-2-4-6-10/h2-8H2,1H3. The van der Waals surface area contributed by atoms with Crippen LogP contribution in [0.25, 0.3) is 0 Å².